The highest BCUT2D eigenvalue weighted by molar-refractivity contribution is 7.11. The topological polar surface area (TPSA) is 63.3 Å². The predicted octanol–water partition coefficient (Wildman–Crippen LogP) is 1.40. The van der Waals surface area contributed by atoms with Crippen molar-refractivity contribution in [3.63, 3.8) is 0 Å². The third-order valence-electron chi connectivity index (χ3n) is 1.81. The molecule has 1 aromatic rings. The van der Waals surface area contributed by atoms with Crippen LogP contribution >= 0.6 is 11.3 Å². The van der Waals surface area contributed by atoms with Gasteiger partial charge in [0.25, 0.3) is 0 Å². The first-order valence-electron chi connectivity index (χ1n) is 4.13. The lowest BCUT2D eigenvalue weighted by molar-refractivity contribution is -0.138. The number of aryl methyl sites for hydroxylation is 2. The normalized spacial score (nSPS) is 12.8. The summed E-state index contributed by atoms with van der Waals surface area (Å²) < 4.78 is 0. The largest absolute Gasteiger partial charge is 0.480 e. The van der Waals surface area contributed by atoms with E-state index in [9.17, 15) is 4.79 Å². The average molecular weight is 199 g/mol. The molecule has 13 heavy (non-hydrogen) atoms. The quantitative estimate of drug-likeness (QED) is 0.770. The lowest BCUT2D eigenvalue weighted by Gasteiger charge is -2.03. The van der Waals surface area contributed by atoms with E-state index in [1.54, 1.807) is 11.3 Å². The van der Waals surface area contributed by atoms with E-state index < -0.39 is 12.0 Å². The summed E-state index contributed by atoms with van der Waals surface area (Å²) in [6, 6.07) is 3.32. The molecule has 72 valence electrons. The number of hydrogen-bond donors (Lipinski definition) is 2. The van der Waals surface area contributed by atoms with Gasteiger partial charge >= 0.3 is 5.97 Å². The molecule has 0 radical (unpaired) electrons. The minimum Gasteiger partial charge on any atom is -0.480 e. The van der Waals surface area contributed by atoms with Crippen LogP contribution in [0.25, 0.3) is 0 Å². The van der Waals surface area contributed by atoms with Crippen molar-refractivity contribution in [1.29, 1.82) is 0 Å². The summed E-state index contributed by atoms with van der Waals surface area (Å²) in [4.78, 5) is 12.9. The molecule has 0 aliphatic carbocycles. The fourth-order valence-corrected chi connectivity index (χ4v) is 1.95. The fourth-order valence-electron chi connectivity index (χ4n) is 1.04. The molecule has 1 aromatic heterocycles. The molecule has 4 heteroatoms. The van der Waals surface area contributed by atoms with Gasteiger partial charge in [0, 0.05) is 9.75 Å². The van der Waals surface area contributed by atoms with Crippen LogP contribution in [0, 0.1) is 6.92 Å². The maximum absolute atomic E-state index is 10.4. The van der Waals surface area contributed by atoms with Crippen LogP contribution in [0.1, 0.15) is 16.2 Å². The van der Waals surface area contributed by atoms with Gasteiger partial charge in [-0.2, -0.15) is 0 Å². The molecule has 0 spiro atoms. The number of nitrogens with two attached hydrogens (primary N) is 1. The minimum atomic E-state index is -0.923. The first-order valence-corrected chi connectivity index (χ1v) is 4.95. The van der Waals surface area contributed by atoms with E-state index in [1.165, 1.54) is 9.75 Å². The van der Waals surface area contributed by atoms with E-state index in [0.717, 1.165) is 6.42 Å². The number of carboxylic acids is 1. The number of rotatable bonds is 4. The minimum absolute atomic E-state index is 0.509. The van der Waals surface area contributed by atoms with Crippen LogP contribution < -0.4 is 5.73 Å². The van der Waals surface area contributed by atoms with Gasteiger partial charge in [-0.15, -0.1) is 11.3 Å². The first-order chi connectivity index (χ1) is 6.09. The van der Waals surface area contributed by atoms with Crippen LogP contribution in [0.15, 0.2) is 12.1 Å². The van der Waals surface area contributed by atoms with Crippen LogP contribution in [0.5, 0.6) is 0 Å². The molecule has 0 aromatic carbocycles. The van der Waals surface area contributed by atoms with Crippen LogP contribution in [0.3, 0.4) is 0 Å². The number of hydrogen-bond acceptors (Lipinski definition) is 3. The van der Waals surface area contributed by atoms with E-state index in [2.05, 4.69) is 0 Å². The molecule has 0 aliphatic rings. The monoisotopic (exact) mass is 199 g/mol. The maximum atomic E-state index is 10.4. The molecule has 0 saturated carbocycles. The lowest BCUT2D eigenvalue weighted by Crippen LogP contribution is -2.30. The summed E-state index contributed by atoms with van der Waals surface area (Å²) in [5, 5.41) is 8.54. The first kappa shape index (κ1) is 10.2. The van der Waals surface area contributed by atoms with Crippen molar-refractivity contribution in [2.45, 2.75) is 25.8 Å². The fraction of sp³-hybridized carbons (Fsp3) is 0.444. The second-order valence-corrected chi connectivity index (χ2v) is 4.37. The van der Waals surface area contributed by atoms with Gasteiger partial charge in [-0.1, -0.05) is 0 Å². The Morgan fingerprint density at radius 1 is 1.69 bits per heavy atom. The Labute approximate surface area is 81.2 Å². The SMILES string of the molecule is Cc1ccc(CCC(N)C(=O)O)s1. The van der Waals surface area contributed by atoms with Gasteiger partial charge < -0.3 is 10.8 Å². The lowest BCUT2D eigenvalue weighted by atomic mass is 10.1. The standard InChI is InChI=1S/C9H13NO2S/c1-6-2-3-7(13-6)4-5-8(10)9(11)12/h2-3,8H,4-5,10H2,1H3,(H,11,12). The van der Waals surface area contributed by atoms with Crippen LogP contribution in [0.2, 0.25) is 0 Å². The zero-order chi connectivity index (χ0) is 9.84. The van der Waals surface area contributed by atoms with Gasteiger partial charge in [-0.05, 0) is 31.9 Å². The number of carboxylic acid groups (broad SMARTS) is 1. The van der Waals surface area contributed by atoms with E-state index in [1.807, 2.05) is 19.1 Å². The number of carbonyl (C=O) groups is 1. The Morgan fingerprint density at radius 3 is 2.85 bits per heavy atom. The summed E-state index contributed by atoms with van der Waals surface area (Å²) in [5.74, 6) is -0.923. The Bertz CT molecular complexity index is 296. The highest BCUT2D eigenvalue weighted by Crippen LogP contribution is 2.16. The molecule has 0 bridgehead atoms. The zero-order valence-electron chi connectivity index (χ0n) is 7.49. The summed E-state index contributed by atoms with van der Waals surface area (Å²) >= 11 is 1.69. The second-order valence-electron chi connectivity index (χ2n) is 3.00. The molecule has 0 saturated heterocycles. The highest BCUT2D eigenvalue weighted by atomic mass is 32.1. The summed E-state index contributed by atoms with van der Waals surface area (Å²) in [6.07, 6.45) is 1.27. The van der Waals surface area contributed by atoms with Gasteiger partial charge in [0.2, 0.25) is 0 Å². The molecule has 1 unspecified atom stereocenters. The van der Waals surface area contributed by atoms with Crippen molar-refractivity contribution in [3.05, 3.63) is 21.9 Å². The smallest absolute Gasteiger partial charge is 0.320 e. The molecule has 1 heterocycles. The zero-order valence-corrected chi connectivity index (χ0v) is 8.30. The van der Waals surface area contributed by atoms with Crippen molar-refractivity contribution in [1.82, 2.24) is 0 Å². The predicted molar refractivity (Wildman–Crippen MR) is 53.0 cm³/mol. The Kier molecular flexibility index (Phi) is 3.45. The van der Waals surface area contributed by atoms with E-state index in [0.29, 0.717) is 6.42 Å². The molecule has 3 nitrogen and oxygen atoms in total. The van der Waals surface area contributed by atoms with Crippen molar-refractivity contribution in [2.24, 2.45) is 5.73 Å². The molecular formula is C9H13NO2S. The number of aliphatic carboxylic acids is 1. The molecule has 0 aliphatic heterocycles. The van der Waals surface area contributed by atoms with Crippen LogP contribution in [-0.2, 0) is 11.2 Å². The van der Waals surface area contributed by atoms with E-state index in [4.69, 9.17) is 10.8 Å². The van der Waals surface area contributed by atoms with E-state index >= 15 is 0 Å². The van der Waals surface area contributed by atoms with Crippen molar-refractivity contribution < 1.29 is 9.90 Å². The van der Waals surface area contributed by atoms with Gasteiger partial charge in [0.15, 0.2) is 0 Å². The third kappa shape index (κ3) is 3.16. The average Bonchev–Trinajstić information content (AvgIpc) is 2.47. The highest BCUT2D eigenvalue weighted by Gasteiger charge is 2.11. The van der Waals surface area contributed by atoms with Crippen molar-refractivity contribution in [2.75, 3.05) is 0 Å². The Morgan fingerprint density at radius 2 is 2.38 bits per heavy atom. The van der Waals surface area contributed by atoms with E-state index in [-0.39, 0.29) is 0 Å². The van der Waals surface area contributed by atoms with Crippen molar-refractivity contribution >= 4 is 17.3 Å². The summed E-state index contributed by atoms with van der Waals surface area (Å²) in [6.45, 7) is 2.03. The summed E-state index contributed by atoms with van der Waals surface area (Å²) in [5.41, 5.74) is 5.38. The molecule has 1 atom stereocenters. The van der Waals surface area contributed by atoms with Crippen LogP contribution in [0.4, 0.5) is 0 Å². The van der Waals surface area contributed by atoms with Crippen LogP contribution in [-0.4, -0.2) is 17.1 Å². The second kappa shape index (κ2) is 4.39. The maximum Gasteiger partial charge on any atom is 0.320 e. The summed E-state index contributed by atoms with van der Waals surface area (Å²) in [7, 11) is 0. The molecule has 0 amide bonds. The van der Waals surface area contributed by atoms with Gasteiger partial charge in [0.05, 0.1) is 0 Å². The van der Waals surface area contributed by atoms with Gasteiger partial charge in [-0.3, -0.25) is 4.79 Å². The Balaban J connectivity index is 2.39. The molecule has 1 rings (SSSR count). The van der Waals surface area contributed by atoms with Gasteiger partial charge in [-0.25, -0.2) is 0 Å². The Hall–Kier alpha value is -0.870. The molecule has 0 fully saturated rings. The third-order valence-corrected chi connectivity index (χ3v) is 2.88. The van der Waals surface area contributed by atoms with Crippen molar-refractivity contribution in [3.8, 4) is 0 Å². The number of thiophene rings is 1. The molecule has 3 N–H and O–H groups in total. The molecular weight excluding hydrogens is 186 g/mol. The van der Waals surface area contributed by atoms with Gasteiger partial charge in [0.1, 0.15) is 6.04 Å².